The zero-order valence-corrected chi connectivity index (χ0v) is 19.2. The lowest BCUT2D eigenvalue weighted by Gasteiger charge is -2.12. The Hall–Kier alpha value is -3.13. The largest absolute Gasteiger partial charge is 0.496 e. The Morgan fingerprint density at radius 2 is 1.81 bits per heavy atom. The van der Waals surface area contributed by atoms with Gasteiger partial charge in [-0.2, -0.15) is 4.98 Å². The van der Waals surface area contributed by atoms with Gasteiger partial charge < -0.3 is 13.8 Å². The van der Waals surface area contributed by atoms with Gasteiger partial charge in [-0.1, -0.05) is 72.7 Å². The minimum absolute atomic E-state index is 0.550. The van der Waals surface area contributed by atoms with Gasteiger partial charge in [-0.05, 0) is 30.5 Å². The molecule has 0 aliphatic rings. The highest BCUT2D eigenvalue weighted by Gasteiger charge is 2.18. The van der Waals surface area contributed by atoms with Crippen LogP contribution in [-0.4, -0.2) is 32.0 Å². The van der Waals surface area contributed by atoms with Gasteiger partial charge in [0.1, 0.15) is 5.75 Å². The number of thioether (sulfide) groups is 1. The molecule has 0 bridgehead atoms. The molecule has 0 aliphatic heterocycles. The second-order valence-corrected chi connectivity index (χ2v) is 8.33. The van der Waals surface area contributed by atoms with Crippen LogP contribution in [0.3, 0.4) is 0 Å². The molecule has 2 aromatic carbocycles. The van der Waals surface area contributed by atoms with Gasteiger partial charge in [-0.25, -0.2) is 0 Å². The Bertz CT molecular complexity index is 1130. The van der Waals surface area contributed by atoms with E-state index in [0.717, 1.165) is 60.3 Å². The van der Waals surface area contributed by atoms with Gasteiger partial charge in [-0.15, -0.1) is 10.2 Å². The van der Waals surface area contributed by atoms with Crippen LogP contribution in [0.25, 0.3) is 11.4 Å². The van der Waals surface area contributed by atoms with Crippen molar-refractivity contribution in [3.63, 3.8) is 0 Å². The van der Waals surface area contributed by atoms with Crippen LogP contribution in [0, 0.1) is 0 Å². The lowest BCUT2D eigenvalue weighted by atomic mass is 10.1. The fourth-order valence-corrected chi connectivity index (χ4v) is 4.22. The molecule has 2 heterocycles. The highest BCUT2D eigenvalue weighted by atomic mass is 32.2. The molecule has 0 saturated heterocycles. The normalized spacial score (nSPS) is 11.1. The Balaban J connectivity index is 1.57. The van der Waals surface area contributed by atoms with Crippen molar-refractivity contribution < 1.29 is 9.26 Å². The van der Waals surface area contributed by atoms with Gasteiger partial charge in [0.05, 0.1) is 18.4 Å². The quantitative estimate of drug-likeness (QED) is 0.291. The van der Waals surface area contributed by atoms with Crippen LogP contribution in [0.5, 0.6) is 5.75 Å². The summed E-state index contributed by atoms with van der Waals surface area (Å²) < 4.78 is 13.1. The van der Waals surface area contributed by atoms with Crippen molar-refractivity contribution in [2.24, 2.45) is 0 Å². The number of ether oxygens (including phenoxy) is 1. The maximum Gasteiger partial charge on any atom is 0.237 e. The maximum absolute atomic E-state index is 5.57. The number of rotatable bonds is 11. The van der Waals surface area contributed by atoms with Crippen LogP contribution < -0.4 is 4.74 Å². The van der Waals surface area contributed by atoms with E-state index in [1.54, 1.807) is 18.9 Å². The first-order valence-electron chi connectivity index (χ1n) is 10.8. The molecule has 0 N–H and O–H groups in total. The molecule has 32 heavy (non-hydrogen) atoms. The number of aryl methyl sites for hydroxylation is 2. The Morgan fingerprint density at radius 3 is 2.62 bits per heavy atom. The third-order valence-electron chi connectivity index (χ3n) is 5.12. The van der Waals surface area contributed by atoms with Crippen molar-refractivity contribution in [3.8, 4) is 17.1 Å². The van der Waals surface area contributed by atoms with Gasteiger partial charge in [0, 0.05) is 13.0 Å². The predicted molar refractivity (Wildman–Crippen MR) is 125 cm³/mol. The topological polar surface area (TPSA) is 78.9 Å². The molecular weight excluding hydrogens is 422 g/mol. The van der Waals surface area contributed by atoms with Crippen molar-refractivity contribution in [2.75, 3.05) is 7.11 Å². The molecule has 8 heteroatoms. The SMILES string of the molecule is CCCCc1noc(CSc2nnc(-c3ccccc3OC)n2CCc2ccccc2)n1. The van der Waals surface area contributed by atoms with Gasteiger partial charge in [-0.3, -0.25) is 0 Å². The van der Waals surface area contributed by atoms with E-state index in [0.29, 0.717) is 11.6 Å². The summed E-state index contributed by atoms with van der Waals surface area (Å²) in [5.74, 6) is 3.49. The number of unbranched alkanes of at least 4 members (excludes halogenated alkanes) is 1. The van der Waals surface area contributed by atoms with Crippen LogP contribution in [0.1, 0.15) is 37.0 Å². The second kappa shape index (κ2) is 10.9. The average Bonchev–Trinajstić information content (AvgIpc) is 3.47. The van der Waals surface area contributed by atoms with Gasteiger partial charge in [0.25, 0.3) is 0 Å². The monoisotopic (exact) mass is 449 g/mol. The first kappa shape index (κ1) is 22.1. The van der Waals surface area contributed by atoms with E-state index in [1.165, 1.54) is 5.56 Å². The molecule has 166 valence electrons. The average molecular weight is 450 g/mol. The van der Waals surface area contributed by atoms with E-state index in [-0.39, 0.29) is 0 Å². The van der Waals surface area contributed by atoms with Gasteiger partial charge in [0.15, 0.2) is 16.8 Å². The number of para-hydroxylation sites is 1. The summed E-state index contributed by atoms with van der Waals surface area (Å²) in [7, 11) is 1.67. The molecule has 0 fully saturated rings. The minimum Gasteiger partial charge on any atom is -0.496 e. The zero-order valence-electron chi connectivity index (χ0n) is 18.4. The second-order valence-electron chi connectivity index (χ2n) is 7.39. The fourth-order valence-electron chi connectivity index (χ4n) is 3.42. The number of hydrogen-bond donors (Lipinski definition) is 0. The van der Waals surface area contributed by atoms with E-state index in [4.69, 9.17) is 9.26 Å². The van der Waals surface area contributed by atoms with E-state index >= 15 is 0 Å². The van der Waals surface area contributed by atoms with Crippen LogP contribution >= 0.6 is 11.8 Å². The molecule has 0 saturated carbocycles. The van der Waals surface area contributed by atoms with Crippen LogP contribution in [0.15, 0.2) is 64.3 Å². The number of aromatic nitrogens is 5. The molecule has 4 rings (SSSR count). The molecule has 0 atom stereocenters. The summed E-state index contributed by atoms with van der Waals surface area (Å²) in [6.45, 7) is 2.90. The van der Waals surface area contributed by atoms with Gasteiger partial charge >= 0.3 is 0 Å². The highest BCUT2D eigenvalue weighted by Crippen LogP contribution is 2.32. The molecule has 0 spiro atoms. The van der Waals surface area contributed by atoms with Crippen molar-refractivity contribution >= 4 is 11.8 Å². The minimum atomic E-state index is 0.550. The lowest BCUT2D eigenvalue weighted by molar-refractivity contribution is 0.384. The Morgan fingerprint density at radius 1 is 1.00 bits per heavy atom. The predicted octanol–water partition coefficient (Wildman–Crippen LogP) is 5.21. The van der Waals surface area contributed by atoms with Crippen molar-refractivity contribution in [1.29, 1.82) is 0 Å². The summed E-state index contributed by atoms with van der Waals surface area (Å²) >= 11 is 1.55. The molecule has 0 radical (unpaired) electrons. The highest BCUT2D eigenvalue weighted by molar-refractivity contribution is 7.98. The van der Waals surface area contributed by atoms with Crippen LogP contribution in [0.2, 0.25) is 0 Å². The van der Waals surface area contributed by atoms with E-state index in [2.05, 4.69) is 56.1 Å². The van der Waals surface area contributed by atoms with E-state index in [1.807, 2.05) is 30.3 Å². The van der Waals surface area contributed by atoms with E-state index < -0.39 is 0 Å². The summed E-state index contributed by atoms with van der Waals surface area (Å²) in [6, 6.07) is 18.3. The summed E-state index contributed by atoms with van der Waals surface area (Å²) in [5, 5.41) is 13.9. The smallest absolute Gasteiger partial charge is 0.237 e. The molecule has 0 unspecified atom stereocenters. The summed E-state index contributed by atoms with van der Waals surface area (Å²) in [5.41, 5.74) is 2.18. The Kier molecular flexibility index (Phi) is 7.55. The van der Waals surface area contributed by atoms with E-state index in [9.17, 15) is 0 Å². The molecule has 2 aromatic heterocycles. The van der Waals surface area contributed by atoms with Gasteiger partial charge in [0.2, 0.25) is 5.89 Å². The third-order valence-corrected chi connectivity index (χ3v) is 6.07. The Labute approximate surface area is 192 Å². The van der Waals surface area contributed by atoms with Crippen LogP contribution in [-0.2, 0) is 25.1 Å². The molecule has 0 amide bonds. The third kappa shape index (κ3) is 5.37. The number of nitrogens with zero attached hydrogens (tertiary/aromatic N) is 5. The first-order chi connectivity index (χ1) is 15.8. The van der Waals surface area contributed by atoms with Crippen molar-refractivity contribution in [3.05, 3.63) is 71.9 Å². The first-order valence-corrected chi connectivity index (χ1v) is 11.8. The summed E-state index contributed by atoms with van der Waals surface area (Å²) in [4.78, 5) is 4.50. The van der Waals surface area contributed by atoms with Crippen molar-refractivity contribution in [2.45, 2.75) is 50.1 Å². The number of hydrogen-bond acceptors (Lipinski definition) is 7. The van der Waals surface area contributed by atoms with Crippen molar-refractivity contribution in [1.82, 2.24) is 24.9 Å². The van der Waals surface area contributed by atoms with Crippen LogP contribution in [0.4, 0.5) is 0 Å². The zero-order chi connectivity index (χ0) is 22.2. The molecular formula is C24H27N5O2S. The standard InChI is InChI=1S/C24H27N5O2S/c1-3-4-14-21-25-22(31-28-21)17-32-24-27-26-23(19-12-8-9-13-20(19)30-2)29(24)16-15-18-10-6-5-7-11-18/h5-13H,3-4,14-17H2,1-2H3. The molecule has 4 aromatic rings. The lowest BCUT2D eigenvalue weighted by Crippen LogP contribution is -2.06. The maximum atomic E-state index is 5.57. The molecule has 0 aliphatic carbocycles. The fraction of sp³-hybridized carbons (Fsp3) is 0.333. The summed E-state index contributed by atoms with van der Waals surface area (Å²) in [6.07, 6.45) is 3.88. The number of methoxy groups -OCH3 is 1. The molecule has 7 nitrogen and oxygen atoms in total. The number of benzene rings is 2.